The number of methoxy groups -OCH3 is 1. The van der Waals surface area contributed by atoms with Crippen molar-refractivity contribution in [1.29, 1.82) is 0 Å². The SMILES string of the molecule is CC[C@@H](COC)NC(=O)c1ccc2oc(Cc3ccc(Cl)cc3)nc2c1. The van der Waals surface area contributed by atoms with E-state index in [0.717, 1.165) is 12.0 Å². The largest absolute Gasteiger partial charge is 0.440 e. The van der Waals surface area contributed by atoms with Gasteiger partial charge in [0.2, 0.25) is 0 Å². The van der Waals surface area contributed by atoms with Gasteiger partial charge >= 0.3 is 0 Å². The van der Waals surface area contributed by atoms with Crippen molar-refractivity contribution in [2.24, 2.45) is 0 Å². The van der Waals surface area contributed by atoms with E-state index in [1.165, 1.54) is 0 Å². The Labute approximate surface area is 157 Å². The molecular weight excluding hydrogens is 352 g/mol. The number of carbonyl (C=O) groups excluding carboxylic acids is 1. The average Bonchev–Trinajstić information content (AvgIpc) is 3.04. The van der Waals surface area contributed by atoms with Crippen LogP contribution < -0.4 is 5.32 Å². The normalized spacial score (nSPS) is 12.3. The van der Waals surface area contributed by atoms with Gasteiger partial charge in [-0.15, -0.1) is 0 Å². The summed E-state index contributed by atoms with van der Waals surface area (Å²) in [5, 5.41) is 3.66. The van der Waals surface area contributed by atoms with Crippen LogP contribution in [0.1, 0.15) is 35.2 Å². The molecule has 0 aliphatic rings. The van der Waals surface area contributed by atoms with Gasteiger partial charge in [-0.2, -0.15) is 0 Å². The highest BCUT2D eigenvalue weighted by Crippen LogP contribution is 2.20. The monoisotopic (exact) mass is 372 g/mol. The van der Waals surface area contributed by atoms with Gasteiger partial charge in [-0.05, 0) is 42.3 Å². The van der Waals surface area contributed by atoms with E-state index in [1.54, 1.807) is 25.3 Å². The molecule has 5 nitrogen and oxygen atoms in total. The first-order valence-corrected chi connectivity index (χ1v) is 8.90. The Morgan fingerprint density at radius 1 is 1.27 bits per heavy atom. The number of rotatable bonds is 7. The number of amides is 1. The minimum atomic E-state index is -0.141. The summed E-state index contributed by atoms with van der Waals surface area (Å²) in [6, 6.07) is 12.8. The van der Waals surface area contributed by atoms with E-state index in [-0.39, 0.29) is 11.9 Å². The second-order valence-electron chi connectivity index (χ2n) is 6.13. The molecule has 1 heterocycles. The topological polar surface area (TPSA) is 64.4 Å². The van der Waals surface area contributed by atoms with Crippen molar-refractivity contribution in [2.45, 2.75) is 25.8 Å². The molecule has 1 atom stereocenters. The van der Waals surface area contributed by atoms with Gasteiger partial charge in [0.15, 0.2) is 11.5 Å². The first-order chi connectivity index (χ1) is 12.6. The Hall–Kier alpha value is -2.37. The predicted octanol–water partition coefficient (Wildman–Crippen LogP) is 4.23. The van der Waals surface area contributed by atoms with Crippen LogP contribution in [-0.4, -0.2) is 30.6 Å². The fraction of sp³-hybridized carbons (Fsp3) is 0.300. The summed E-state index contributed by atoms with van der Waals surface area (Å²) in [6.45, 7) is 2.49. The summed E-state index contributed by atoms with van der Waals surface area (Å²) in [7, 11) is 1.62. The molecule has 0 fully saturated rings. The predicted molar refractivity (Wildman–Crippen MR) is 102 cm³/mol. The summed E-state index contributed by atoms with van der Waals surface area (Å²) in [5.74, 6) is 0.462. The first-order valence-electron chi connectivity index (χ1n) is 8.52. The van der Waals surface area contributed by atoms with Gasteiger partial charge < -0.3 is 14.5 Å². The summed E-state index contributed by atoms with van der Waals surface area (Å²) in [4.78, 5) is 16.9. The number of hydrogen-bond acceptors (Lipinski definition) is 4. The fourth-order valence-electron chi connectivity index (χ4n) is 2.70. The third kappa shape index (κ3) is 4.42. The number of fused-ring (bicyclic) bond motifs is 1. The maximum absolute atomic E-state index is 12.4. The van der Waals surface area contributed by atoms with E-state index >= 15 is 0 Å². The number of ether oxygens (including phenoxy) is 1. The van der Waals surface area contributed by atoms with Gasteiger partial charge in [0.25, 0.3) is 5.91 Å². The molecule has 1 aromatic heterocycles. The van der Waals surface area contributed by atoms with Crippen LogP contribution in [0.4, 0.5) is 0 Å². The standard InChI is InChI=1S/C20H21ClN2O3/c1-3-16(12-25-2)22-20(24)14-6-9-18-17(11-14)23-19(26-18)10-13-4-7-15(21)8-5-13/h4-9,11,16H,3,10,12H2,1-2H3,(H,22,24)/t16-/m0/s1. The van der Waals surface area contributed by atoms with Crippen molar-refractivity contribution < 1.29 is 13.9 Å². The number of nitrogens with one attached hydrogen (secondary N) is 1. The number of halogens is 1. The Balaban J connectivity index is 1.76. The molecule has 2 aromatic carbocycles. The number of aromatic nitrogens is 1. The van der Waals surface area contributed by atoms with Crippen LogP contribution in [-0.2, 0) is 11.2 Å². The minimum Gasteiger partial charge on any atom is -0.440 e. The molecule has 0 aliphatic carbocycles. The van der Waals surface area contributed by atoms with E-state index < -0.39 is 0 Å². The molecule has 3 aromatic rings. The van der Waals surface area contributed by atoms with Crippen LogP contribution in [0.5, 0.6) is 0 Å². The van der Waals surface area contributed by atoms with Crippen molar-refractivity contribution in [3.05, 3.63) is 64.5 Å². The lowest BCUT2D eigenvalue weighted by Crippen LogP contribution is -2.37. The number of oxazole rings is 1. The molecule has 0 unspecified atom stereocenters. The van der Waals surface area contributed by atoms with Crippen molar-refractivity contribution in [2.75, 3.05) is 13.7 Å². The lowest BCUT2D eigenvalue weighted by Gasteiger charge is -2.15. The fourth-order valence-corrected chi connectivity index (χ4v) is 2.83. The molecule has 1 amide bonds. The lowest BCUT2D eigenvalue weighted by atomic mass is 10.1. The smallest absolute Gasteiger partial charge is 0.251 e. The Morgan fingerprint density at radius 2 is 2.04 bits per heavy atom. The number of benzene rings is 2. The first kappa shape index (κ1) is 18.4. The second kappa shape index (κ2) is 8.34. The molecule has 0 radical (unpaired) electrons. The van der Waals surface area contributed by atoms with E-state index in [4.69, 9.17) is 20.8 Å². The summed E-state index contributed by atoms with van der Waals surface area (Å²) < 4.78 is 10.9. The van der Waals surface area contributed by atoms with Crippen molar-refractivity contribution in [1.82, 2.24) is 10.3 Å². The number of hydrogen-bond donors (Lipinski definition) is 1. The van der Waals surface area contributed by atoms with Crippen LogP contribution in [0, 0.1) is 0 Å². The molecule has 6 heteroatoms. The second-order valence-corrected chi connectivity index (χ2v) is 6.56. The van der Waals surface area contributed by atoms with Crippen molar-refractivity contribution in [3.63, 3.8) is 0 Å². The quantitative estimate of drug-likeness (QED) is 0.674. The van der Waals surface area contributed by atoms with Gasteiger partial charge in [0, 0.05) is 24.1 Å². The maximum atomic E-state index is 12.4. The molecule has 1 N–H and O–H groups in total. The summed E-state index contributed by atoms with van der Waals surface area (Å²) in [5.41, 5.74) is 2.94. The van der Waals surface area contributed by atoms with Gasteiger partial charge in [-0.25, -0.2) is 4.98 Å². The molecule has 136 valence electrons. The van der Waals surface area contributed by atoms with E-state index in [9.17, 15) is 4.79 Å². The zero-order valence-electron chi connectivity index (χ0n) is 14.8. The molecule has 3 rings (SSSR count). The zero-order chi connectivity index (χ0) is 18.5. The highest BCUT2D eigenvalue weighted by atomic mass is 35.5. The maximum Gasteiger partial charge on any atom is 0.251 e. The number of nitrogens with zero attached hydrogens (tertiary/aromatic N) is 1. The Kier molecular flexibility index (Phi) is 5.91. The molecular formula is C20H21ClN2O3. The highest BCUT2D eigenvalue weighted by molar-refractivity contribution is 6.30. The summed E-state index contributed by atoms with van der Waals surface area (Å²) in [6.07, 6.45) is 1.37. The van der Waals surface area contributed by atoms with Crippen LogP contribution in [0.25, 0.3) is 11.1 Å². The van der Waals surface area contributed by atoms with E-state index in [1.807, 2.05) is 31.2 Å². The van der Waals surface area contributed by atoms with Crippen LogP contribution in [0.15, 0.2) is 46.9 Å². The molecule has 0 saturated heterocycles. The van der Waals surface area contributed by atoms with Crippen LogP contribution in [0.2, 0.25) is 5.02 Å². The molecule has 0 saturated carbocycles. The van der Waals surface area contributed by atoms with Gasteiger partial charge in [-0.3, -0.25) is 4.79 Å². The molecule has 0 bridgehead atoms. The van der Waals surface area contributed by atoms with E-state index in [0.29, 0.717) is 40.6 Å². The zero-order valence-corrected chi connectivity index (χ0v) is 15.5. The Morgan fingerprint density at radius 3 is 2.73 bits per heavy atom. The van der Waals surface area contributed by atoms with Gasteiger partial charge in [-0.1, -0.05) is 30.7 Å². The van der Waals surface area contributed by atoms with E-state index in [2.05, 4.69) is 10.3 Å². The number of carbonyl (C=O) groups is 1. The Bertz CT molecular complexity index is 890. The third-order valence-corrected chi connectivity index (χ3v) is 4.41. The lowest BCUT2D eigenvalue weighted by molar-refractivity contribution is 0.0895. The highest BCUT2D eigenvalue weighted by Gasteiger charge is 2.14. The molecule has 26 heavy (non-hydrogen) atoms. The minimum absolute atomic E-state index is 0.0130. The molecule has 0 aliphatic heterocycles. The van der Waals surface area contributed by atoms with Crippen molar-refractivity contribution in [3.8, 4) is 0 Å². The third-order valence-electron chi connectivity index (χ3n) is 4.16. The molecule has 0 spiro atoms. The van der Waals surface area contributed by atoms with Crippen LogP contribution in [0.3, 0.4) is 0 Å². The average molecular weight is 373 g/mol. The van der Waals surface area contributed by atoms with Gasteiger partial charge in [0.1, 0.15) is 5.52 Å². The van der Waals surface area contributed by atoms with Crippen LogP contribution >= 0.6 is 11.6 Å². The summed E-state index contributed by atoms with van der Waals surface area (Å²) >= 11 is 5.91. The van der Waals surface area contributed by atoms with Gasteiger partial charge in [0.05, 0.1) is 12.6 Å². The van der Waals surface area contributed by atoms with Crippen molar-refractivity contribution >= 4 is 28.6 Å².